The Morgan fingerprint density at radius 3 is 2.38 bits per heavy atom. The molecule has 0 aliphatic carbocycles. The monoisotopic (exact) mass is 622 g/mol. The van der Waals surface area contributed by atoms with Crippen LogP contribution in [0.5, 0.6) is 5.75 Å². The Morgan fingerprint density at radius 2 is 1.71 bits per heavy atom. The van der Waals surface area contributed by atoms with Gasteiger partial charge in [0.2, 0.25) is 0 Å². The lowest BCUT2D eigenvalue weighted by Crippen LogP contribution is -2.46. The van der Waals surface area contributed by atoms with Crippen LogP contribution in [0.25, 0.3) is 0 Å². The van der Waals surface area contributed by atoms with Gasteiger partial charge in [-0.2, -0.15) is 18.3 Å². The van der Waals surface area contributed by atoms with Gasteiger partial charge in [-0.15, -0.1) is 0 Å². The average molecular weight is 623 g/mol. The van der Waals surface area contributed by atoms with Crippen LogP contribution in [0.15, 0.2) is 71.8 Å². The van der Waals surface area contributed by atoms with Crippen LogP contribution >= 0.6 is 0 Å². The highest BCUT2D eigenvalue weighted by Gasteiger charge is 2.36. The smallest absolute Gasteiger partial charge is 0.416 e. The molecule has 8 nitrogen and oxygen atoms in total. The second kappa shape index (κ2) is 13.8. The Bertz CT molecular complexity index is 1550. The van der Waals surface area contributed by atoms with E-state index in [1.807, 2.05) is 56.3 Å². The normalized spacial score (nSPS) is 17.2. The summed E-state index contributed by atoms with van der Waals surface area (Å²) >= 11 is 0. The zero-order valence-electron chi connectivity index (χ0n) is 25.6. The van der Waals surface area contributed by atoms with Gasteiger partial charge in [0.15, 0.2) is 0 Å². The molecule has 3 aromatic carbocycles. The minimum atomic E-state index is -4.53. The van der Waals surface area contributed by atoms with Gasteiger partial charge in [-0.25, -0.2) is 5.01 Å². The number of para-hydroxylation sites is 1. The van der Waals surface area contributed by atoms with E-state index >= 15 is 0 Å². The maximum atomic E-state index is 14.1. The van der Waals surface area contributed by atoms with Gasteiger partial charge in [0, 0.05) is 43.7 Å². The van der Waals surface area contributed by atoms with E-state index in [1.54, 1.807) is 7.11 Å². The maximum absolute atomic E-state index is 14.1. The molecule has 0 spiro atoms. The zero-order valence-corrected chi connectivity index (χ0v) is 25.6. The van der Waals surface area contributed by atoms with Crippen LogP contribution in [0.3, 0.4) is 0 Å². The molecule has 1 fully saturated rings. The molecule has 1 atom stereocenters. The molecule has 0 bridgehead atoms. The highest BCUT2D eigenvalue weighted by Crippen LogP contribution is 2.38. The minimum Gasteiger partial charge on any atom is -0.496 e. The van der Waals surface area contributed by atoms with Crippen molar-refractivity contribution in [3.8, 4) is 5.75 Å². The molecule has 0 radical (unpaired) electrons. The van der Waals surface area contributed by atoms with Gasteiger partial charge in [-0.1, -0.05) is 30.3 Å². The molecule has 45 heavy (non-hydrogen) atoms. The van der Waals surface area contributed by atoms with Crippen molar-refractivity contribution in [2.45, 2.75) is 32.5 Å². The van der Waals surface area contributed by atoms with Gasteiger partial charge < -0.3 is 14.4 Å². The quantitative estimate of drug-likeness (QED) is 0.316. The summed E-state index contributed by atoms with van der Waals surface area (Å²) in [5.41, 5.74) is 3.88. The molecule has 3 aromatic rings. The molecule has 2 aliphatic rings. The van der Waals surface area contributed by atoms with Crippen molar-refractivity contribution >= 4 is 17.5 Å². The van der Waals surface area contributed by atoms with Crippen molar-refractivity contribution in [2.75, 3.05) is 53.0 Å². The molecular formula is C34H37F3N4O4. The Hall–Kier alpha value is -4.22. The van der Waals surface area contributed by atoms with E-state index in [0.717, 1.165) is 52.2 Å². The third-order valence-corrected chi connectivity index (χ3v) is 8.37. The molecule has 0 saturated carbocycles. The first kappa shape index (κ1) is 32.2. The maximum Gasteiger partial charge on any atom is 0.416 e. The summed E-state index contributed by atoms with van der Waals surface area (Å²) in [5, 5.41) is 6.21. The summed E-state index contributed by atoms with van der Waals surface area (Å²) in [4.78, 5) is 31.3. The van der Waals surface area contributed by atoms with Gasteiger partial charge in [-0.3, -0.25) is 14.5 Å². The molecule has 5 rings (SSSR count). The number of halogens is 3. The van der Waals surface area contributed by atoms with E-state index < -0.39 is 29.6 Å². The molecule has 2 aliphatic heterocycles. The largest absolute Gasteiger partial charge is 0.496 e. The third kappa shape index (κ3) is 7.54. The average Bonchev–Trinajstić information content (AvgIpc) is 3.49. The molecule has 0 unspecified atom stereocenters. The zero-order chi connectivity index (χ0) is 32.1. The van der Waals surface area contributed by atoms with E-state index in [1.165, 1.54) is 9.91 Å². The number of hydrazone groups is 1. The number of amides is 2. The summed E-state index contributed by atoms with van der Waals surface area (Å²) in [6.45, 7) is 6.93. The van der Waals surface area contributed by atoms with Crippen LogP contribution in [0.1, 0.15) is 50.6 Å². The van der Waals surface area contributed by atoms with Gasteiger partial charge in [-0.05, 0) is 66.9 Å². The van der Waals surface area contributed by atoms with Crippen molar-refractivity contribution in [1.82, 2.24) is 14.8 Å². The Kier molecular flexibility index (Phi) is 9.89. The molecule has 0 aromatic heterocycles. The first-order valence-corrected chi connectivity index (χ1v) is 14.9. The molecule has 0 N–H and O–H groups in total. The van der Waals surface area contributed by atoms with Crippen molar-refractivity contribution in [3.63, 3.8) is 0 Å². The molecule has 1 saturated heterocycles. The summed E-state index contributed by atoms with van der Waals surface area (Å²) in [5.74, 6) is -0.328. The Balaban J connectivity index is 1.45. The number of hydrogen-bond acceptors (Lipinski definition) is 6. The molecule has 2 heterocycles. The van der Waals surface area contributed by atoms with Crippen molar-refractivity contribution < 1.29 is 32.2 Å². The predicted octanol–water partition coefficient (Wildman–Crippen LogP) is 5.48. The fraction of sp³-hybridized carbons (Fsp3) is 0.382. The predicted molar refractivity (Wildman–Crippen MR) is 164 cm³/mol. The van der Waals surface area contributed by atoms with Gasteiger partial charge in [0.1, 0.15) is 12.3 Å². The fourth-order valence-corrected chi connectivity index (χ4v) is 5.58. The Morgan fingerprint density at radius 1 is 1.00 bits per heavy atom. The first-order chi connectivity index (χ1) is 21.5. The lowest BCUT2D eigenvalue weighted by atomic mass is 9.96. The number of rotatable bonds is 9. The first-order valence-electron chi connectivity index (χ1n) is 14.9. The molecule has 238 valence electrons. The number of hydrogen-bond donors (Lipinski definition) is 0. The second-order valence-electron chi connectivity index (χ2n) is 11.3. The van der Waals surface area contributed by atoms with Crippen LogP contribution in [0.4, 0.5) is 13.2 Å². The SMILES string of the molecule is COc1ccccc1[C@@H]1CC(c2ccc(C)c(C)c2)=NN1C(=O)CN(CCN1CCOCC1)C(=O)c1ccc(C(F)(F)F)cc1. The van der Waals surface area contributed by atoms with Crippen molar-refractivity contribution in [2.24, 2.45) is 5.10 Å². The van der Waals surface area contributed by atoms with Gasteiger partial charge >= 0.3 is 6.18 Å². The van der Waals surface area contributed by atoms with Crippen molar-refractivity contribution in [1.29, 1.82) is 0 Å². The molecule has 2 amide bonds. The highest BCUT2D eigenvalue weighted by molar-refractivity contribution is 6.04. The topological polar surface area (TPSA) is 74.7 Å². The fourth-order valence-electron chi connectivity index (χ4n) is 5.58. The third-order valence-electron chi connectivity index (χ3n) is 8.37. The van der Waals surface area contributed by atoms with E-state index in [9.17, 15) is 22.8 Å². The number of carbonyl (C=O) groups excluding carboxylic acids is 2. The summed E-state index contributed by atoms with van der Waals surface area (Å²) in [6.07, 6.45) is -4.09. The number of nitrogens with zero attached hydrogens (tertiary/aromatic N) is 4. The van der Waals surface area contributed by atoms with Crippen LogP contribution in [-0.2, 0) is 15.7 Å². The van der Waals surface area contributed by atoms with Crippen LogP contribution in [0.2, 0.25) is 0 Å². The standard InChI is InChI=1S/C34H37F3N4O4/c1-23-8-9-26(20-24(23)2)29-21-30(28-6-4-5-7-31(28)44-3)41(38-29)32(42)22-40(15-14-39-16-18-45-19-17-39)33(43)25-10-12-27(13-11-25)34(35,36)37/h4-13,20,30H,14-19,21-22H2,1-3H3/t30-/m0/s1. The van der Waals surface area contributed by atoms with E-state index in [4.69, 9.17) is 14.6 Å². The van der Waals surface area contributed by atoms with Crippen LogP contribution < -0.4 is 4.74 Å². The van der Waals surface area contributed by atoms with E-state index in [2.05, 4.69) is 4.90 Å². The van der Waals surface area contributed by atoms with Gasteiger partial charge in [0.25, 0.3) is 11.8 Å². The molecular weight excluding hydrogens is 585 g/mol. The van der Waals surface area contributed by atoms with Crippen LogP contribution in [0, 0.1) is 13.8 Å². The Labute approximate surface area is 261 Å². The van der Waals surface area contributed by atoms with E-state index in [-0.39, 0.29) is 18.7 Å². The number of benzene rings is 3. The summed E-state index contributed by atoms with van der Waals surface area (Å²) in [6, 6.07) is 17.1. The minimum absolute atomic E-state index is 0.0693. The number of alkyl halides is 3. The van der Waals surface area contributed by atoms with E-state index in [0.29, 0.717) is 45.0 Å². The van der Waals surface area contributed by atoms with Crippen LogP contribution in [-0.4, -0.2) is 85.4 Å². The number of carbonyl (C=O) groups is 2. The number of morpholine rings is 1. The lowest BCUT2D eigenvalue weighted by Gasteiger charge is -2.31. The van der Waals surface area contributed by atoms with Gasteiger partial charge in [0.05, 0.1) is 37.6 Å². The summed E-state index contributed by atoms with van der Waals surface area (Å²) in [7, 11) is 1.57. The summed E-state index contributed by atoms with van der Waals surface area (Å²) < 4.78 is 50.6. The lowest BCUT2D eigenvalue weighted by molar-refractivity contribution is -0.137. The number of ether oxygens (including phenoxy) is 2. The highest BCUT2D eigenvalue weighted by atomic mass is 19.4. The molecule has 11 heteroatoms. The number of aryl methyl sites for hydroxylation is 2. The second-order valence-corrected chi connectivity index (χ2v) is 11.3. The van der Waals surface area contributed by atoms with Crippen molar-refractivity contribution in [3.05, 3.63) is 100 Å². The number of methoxy groups -OCH3 is 1.